The van der Waals surface area contributed by atoms with E-state index in [2.05, 4.69) is 10.6 Å². The van der Waals surface area contributed by atoms with Gasteiger partial charge in [-0.15, -0.1) is 0 Å². The van der Waals surface area contributed by atoms with Gasteiger partial charge in [0.2, 0.25) is 5.91 Å². The van der Waals surface area contributed by atoms with Crippen LogP contribution in [-0.4, -0.2) is 17.6 Å². The molecule has 0 aliphatic heterocycles. The number of benzene rings is 1. The average Bonchev–Trinajstić information content (AvgIpc) is 3.04. The first kappa shape index (κ1) is 18.6. The van der Waals surface area contributed by atoms with Crippen LogP contribution in [0.15, 0.2) is 41.0 Å². The number of amides is 1. The van der Waals surface area contributed by atoms with Gasteiger partial charge in [0.25, 0.3) is 0 Å². The molecule has 1 aromatic carbocycles. The number of ether oxygens (including phenoxy) is 1. The van der Waals surface area contributed by atoms with Crippen LogP contribution < -0.4 is 15.4 Å². The van der Waals surface area contributed by atoms with Gasteiger partial charge in [-0.25, -0.2) is 0 Å². The summed E-state index contributed by atoms with van der Waals surface area (Å²) in [6.45, 7) is 0.783. The van der Waals surface area contributed by atoms with E-state index in [1.54, 1.807) is 30.5 Å². The lowest BCUT2D eigenvalue weighted by atomic mass is 10.3. The Hall–Kier alpha value is -1.76. The maximum absolute atomic E-state index is 11.8. The molecule has 1 amide bonds. The van der Waals surface area contributed by atoms with Crippen molar-refractivity contribution in [3.8, 4) is 5.75 Å². The molecule has 0 saturated carbocycles. The van der Waals surface area contributed by atoms with E-state index in [-0.39, 0.29) is 17.4 Å². The van der Waals surface area contributed by atoms with Crippen LogP contribution in [0.25, 0.3) is 0 Å². The van der Waals surface area contributed by atoms with E-state index >= 15 is 0 Å². The van der Waals surface area contributed by atoms with Gasteiger partial charge in [0, 0.05) is 11.4 Å². The third-order valence-corrected chi connectivity index (χ3v) is 3.73. The minimum Gasteiger partial charge on any atom is -0.492 e. The number of halogens is 2. The van der Waals surface area contributed by atoms with Gasteiger partial charge < -0.3 is 19.8 Å². The van der Waals surface area contributed by atoms with Crippen molar-refractivity contribution in [3.63, 3.8) is 0 Å². The quantitative estimate of drug-likeness (QED) is 0.557. The van der Waals surface area contributed by atoms with Crippen LogP contribution in [0.5, 0.6) is 5.75 Å². The van der Waals surface area contributed by atoms with Gasteiger partial charge in [0.05, 0.1) is 24.4 Å². The second kappa shape index (κ2) is 9.52. The van der Waals surface area contributed by atoms with Crippen LogP contribution in [0.1, 0.15) is 18.6 Å². The fraction of sp³-hybridized carbons (Fsp3) is 0.250. The summed E-state index contributed by atoms with van der Waals surface area (Å²) >= 11 is 16.8. The smallest absolute Gasteiger partial charge is 0.226 e. The molecule has 0 saturated heterocycles. The minimum atomic E-state index is -0.183. The van der Waals surface area contributed by atoms with Crippen LogP contribution in [-0.2, 0) is 11.3 Å². The SMILES string of the molecule is O=C(CCCOc1ccc(Cl)cc1Cl)NC(=S)NCc1ccco1. The number of nitrogens with one attached hydrogen (secondary N) is 2. The highest BCUT2D eigenvalue weighted by Crippen LogP contribution is 2.27. The molecule has 0 unspecified atom stereocenters. The molecule has 0 spiro atoms. The summed E-state index contributed by atoms with van der Waals surface area (Å²) < 4.78 is 10.7. The predicted molar refractivity (Wildman–Crippen MR) is 97.5 cm³/mol. The molecule has 2 N–H and O–H groups in total. The van der Waals surface area contributed by atoms with Crippen molar-refractivity contribution in [2.45, 2.75) is 19.4 Å². The monoisotopic (exact) mass is 386 g/mol. The summed E-state index contributed by atoms with van der Waals surface area (Å²) in [5.74, 6) is 1.09. The van der Waals surface area contributed by atoms with E-state index < -0.39 is 0 Å². The molecule has 0 aliphatic rings. The molecular weight excluding hydrogens is 371 g/mol. The van der Waals surface area contributed by atoms with E-state index in [9.17, 15) is 4.79 Å². The van der Waals surface area contributed by atoms with Crippen molar-refractivity contribution in [1.29, 1.82) is 0 Å². The number of furan rings is 1. The molecule has 5 nitrogen and oxygen atoms in total. The Kier molecular flexibility index (Phi) is 7.36. The zero-order valence-corrected chi connectivity index (χ0v) is 15.0. The standard InChI is InChI=1S/C16H16Cl2N2O3S/c17-11-5-6-14(13(18)9-11)23-8-2-4-15(21)20-16(24)19-10-12-3-1-7-22-12/h1,3,5-7,9H,2,4,8,10H2,(H2,19,20,21,24). The lowest BCUT2D eigenvalue weighted by Crippen LogP contribution is -2.38. The van der Waals surface area contributed by atoms with Gasteiger partial charge in [0.15, 0.2) is 5.11 Å². The fourth-order valence-electron chi connectivity index (χ4n) is 1.82. The lowest BCUT2D eigenvalue weighted by molar-refractivity contribution is -0.119. The Balaban J connectivity index is 1.61. The van der Waals surface area contributed by atoms with Crippen molar-refractivity contribution in [3.05, 3.63) is 52.4 Å². The normalized spacial score (nSPS) is 10.2. The van der Waals surface area contributed by atoms with Crippen molar-refractivity contribution in [2.24, 2.45) is 0 Å². The highest BCUT2D eigenvalue weighted by molar-refractivity contribution is 7.80. The number of hydrogen-bond donors (Lipinski definition) is 2. The molecule has 0 atom stereocenters. The number of rotatable bonds is 7. The summed E-state index contributed by atoms with van der Waals surface area (Å²) in [7, 11) is 0. The van der Waals surface area contributed by atoms with Crippen LogP contribution in [0.4, 0.5) is 0 Å². The number of hydrogen-bond acceptors (Lipinski definition) is 4. The largest absolute Gasteiger partial charge is 0.492 e. The number of thiocarbonyl (C=S) groups is 1. The zero-order chi connectivity index (χ0) is 17.4. The van der Waals surface area contributed by atoms with E-state index in [1.165, 1.54) is 0 Å². The lowest BCUT2D eigenvalue weighted by Gasteiger charge is -2.10. The third-order valence-electron chi connectivity index (χ3n) is 2.96. The van der Waals surface area contributed by atoms with Gasteiger partial charge in [-0.2, -0.15) is 0 Å². The van der Waals surface area contributed by atoms with Gasteiger partial charge in [-0.1, -0.05) is 23.2 Å². The number of carbonyl (C=O) groups excluding carboxylic acids is 1. The minimum absolute atomic E-state index is 0.183. The molecule has 2 rings (SSSR count). The maximum Gasteiger partial charge on any atom is 0.226 e. The Morgan fingerprint density at radius 3 is 2.83 bits per heavy atom. The molecule has 0 bridgehead atoms. The van der Waals surface area contributed by atoms with E-state index in [1.807, 2.05) is 6.07 Å². The summed E-state index contributed by atoms with van der Waals surface area (Å²) in [5, 5.41) is 6.74. The highest BCUT2D eigenvalue weighted by atomic mass is 35.5. The highest BCUT2D eigenvalue weighted by Gasteiger charge is 2.06. The van der Waals surface area contributed by atoms with Crippen molar-refractivity contribution >= 4 is 46.4 Å². The first-order valence-electron chi connectivity index (χ1n) is 7.22. The van der Waals surface area contributed by atoms with Gasteiger partial charge in [0.1, 0.15) is 11.5 Å². The van der Waals surface area contributed by atoms with Crippen LogP contribution in [0.2, 0.25) is 10.0 Å². The molecule has 2 aromatic rings. The summed E-state index contributed by atoms with van der Waals surface area (Å²) in [6, 6.07) is 8.59. The second-order valence-corrected chi connectivity index (χ2v) is 6.09. The molecule has 8 heteroatoms. The second-order valence-electron chi connectivity index (χ2n) is 4.84. The van der Waals surface area contributed by atoms with Crippen LogP contribution in [0, 0.1) is 0 Å². The fourth-order valence-corrected chi connectivity index (χ4v) is 2.47. The molecule has 1 aromatic heterocycles. The Labute approximate surface area is 155 Å². The summed E-state index contributed by atoms with van der Waals surface area (Å²) in [4.78, 5) is 11.8. The van der Waals surface area contributed by atoms with E-state index in [0.29, 0.717) is 35.4 Å². The Bertz CT molecular complexity index is 693. The van der Waals surface area contributed by atoms with Crippen LogP contribution in [0.3, 0.4) is 0 Å². The van der Waals surface area contributed by atoms with E-state index in [4.69, 9.17) is 44.6 Å². The molecule has 0 aliphatic carbocycles. The molecular formula is C16H16Cl2N2O3S. The average molecular weight is 387 g/mol. The maximum atomic E-state index is 11.8. The summed E-state index contributed by atoms with van der Waals surface area (Å²) in [5.41, 5.74) is 0. The molecule has 24 heavy (non-hydrogen) atoms. The van der Waals surface area contributed by atoms with Crippen molar-refractivity contribution < 1.29 is 13.9 Å². The number of carbonyl (C=O) groups is 1. The van der Waals surface area contributed by atoms with Crippen molar-refractivity contribution in [1.82, 2.24) is 10.6 Å². The van der Waals surface area contributed by atoms with Gasteiger partial charge >= 0.3 is 0 Å². The van der Waals surface area contributed by atoms with Crippen molar-refractivity contribution in [2.75, 3.05) is 6.61 Å². The first-order valence-corrected chi connectivity index (χ1v) is 8.39. The third kappa shape index (κ3) is 6.39. The van der Waals surface area contributed by atoms with Gasteiger partial charge in [-0.3, -0.25) is 4.79 Å². The van der Waals surface area contributed by atoms with Crippen LogP contribution >= 0.6 is 35.4 Å². The summed E-state index contributed by atoms with van der Waals surface area (Å²) in [6.07, 6.45) is 2.39. The molecule has 0 radical (unpaired) electrons. The predicted octanol–water partition coefficient (Wildman–Crippen LogP) is 3.94. The topological polar surface area (TPSA) is 63.5 Å². The Morgan fingerprint density at radius 2 is 2.12 bits per heavy atom. The first-order chi connectivity index (χ1) is 11.5. The van der Waals surface area contributed by atoms with Gasteiger partial charge in [-0.05, 0) is 49.0 Å². The molecule has 1 heterocycles. The molecule has 128 valence electrons. The Morgan fingerprint density at radius 1 is 1.29 bits per heavy atom. The molecule has 0 fully saturated rings. The van der Waals surface area contributed by atoms with E-state index in [0.717, 1.165) is 5.76 Å². The zero-order valence-electron chi connectivity index (χ0n) is 12.7.